The summed E-state index contributed by atoms with van der Waals surface area (Å²) in [7, 11) is 0. The molecule has 1 aliphatic heterocycles. The molecule has 2 fully saturated rings. The number of benzene rings is 1. The van der Waals surface area contributed by atoms with E-state index in [0.717, 1.165) is 18.4 Å². The molecule has 1 N–H and O–H groups in total. The molecule has 130 valence electrons. The Labute approximate surface area is 147 Å². The number of imide groups is 1. The van der Waals surface area contributed by atoms with Crippen LogP contribution in [-0.4, -0.2) is 29.2 Å². The summed E-state index contributed by atoms with van der Waals surface area (Å²) in [6, 6.07) is 7.95. The number of aryl methyl sites for hydroxylation is 1. The molecular formula is C20H22N2O3. The second-order valence-corrected chi connectivity index (χ2v) is 7.16. The van der Waals surface area contributed by atoms with Crippen LogP contribution in [0, 0.1) is 23.7 Å². The summed E-state index contributed by atoms with van der Waals surface area (Å²) >= 11 is 0. The first kappa shape index (κ1) is 16.1. The van der Waals surface area contributed by atoms with Gasteiger partial charge in [-0.15, -0.1) is 0 Å². The molecule has 5 nitrogen and oxygen atoms in total. The Kier molecular flexibility index (Phi) is 3.94. The quantitative estimate of drug-likeness (QED) is 0.656. The Hall–Kier alpha value is -2.43. The molecule has 0 unspecified atom stereocenters. The summed E-state index contributed by atoms with van der Waals surface area (Å²) in [6.07, 6.45) is 5.92. The van der Waals surface area contributed by atoms with E-state index in [9.17, 15) is 14.4 Å². The van der Waals surface area contributed by atoms with Gasteiger partial charge in [0.25, 0.3) is 0 Å². The predicted octanol–water partition coefficient (Wildman–Crippen LogP) is 1.67. The standard InChI is InChI=1S/C20H22N2O3/c1-2-12-5-3-4-6-15(12)10-21-16(23)11-22-19(24)17-13-7-8-14(9-13)18(17)20(22)25/h3-8,13-14,17-18H,2,9-11H2,1H3,(H,21,23)/t13-,14-,17-,18+/m0/s1. The minimum Gasteiger partial charge on any atom is -0.350 e. The SMILES string of the molecule is CCc1ccccc1CNC(=O)CN1C(=O)[C@@H]2[C@H](C1=O)[C@H]1C=C[C@H]2C1. The molecule has 4 atom stereocenters. The molecule has 3 aliphatic rings. The van der Waals surface area contributed by atoms with Crippen LogP contribution in [0.15, 0.2) is 36.4 Å². The van der Waals surface area contributed by atoms with Gasteiger partial charge in [0.15, 0.2) is 0 Å². The van der Waals surface area contributed by atoms with Crippen molar-refractivity contribution < 1.29 is 14.4 Å². The van der Waals surface area contributed by atoms with Gasteiger partial charge < -0.3 is 5.32 Å². The first-order valence-corrected chi connectivity index (χ1v) is 8.97. The molecule has 1 aromatic carbocycles. The highest BCUT2D eigenvalue weighted by Gasteiger charge is 2.59. The average molecular weight is 338 g/mol. The van der Waals surface area contributed by atoms with Crippen LogP contribution in [0.4, 0.5) is 0 Å². The molecule has 0 aromatic heterocycles. The van der Waals surface area contributed by atoms with Crippen LogP contribution in [0.25, 0.3) is 0 Å². The van der Waals surface area contributed by atoms with Crippen molar-refractivity contribution >= 4 is 17.7 Å². The molecule has 3 amide bonds. The lowest BCUT2D eigenvalue weighted by atomic mass is 9.85. The lowest BCUT2D eigenvalue weighted by Gasteiger charge is -2.17. The number of amides is 3. The van der Waals surface area contributed by atoms with E-state index >= 15 is 0 Å². The fourth-order valence-corrected chi connectivity index (χ4v) is 4.59. The Morgan fingerprint density at radius 1 is 1.08 bits per heavy atom. The molecule has 1 saturated heterocycles. The first-order chi connectivity index (χ1) is 12.1. The summed E-state index contributed by atoms with van der Waals surface area (Å²) < 4.78 is 0. The molecule has 1 heterocycles. The zero-order chi connectivity index (χ0) is 17.6. The number of fused-ring (bicyclic) bond motifs is 5. The highest BCUT2D eigenvalue weighted by Crippen LogP contribution is 2.52. The van der Waals surface area contributed by atoms with Gasteiger partial charge >= 0.3 is 0 Å². The van der Waals surface area contributed by atoms with Crippen LogP contribution >= 0.6 is 0 Å². The zero-order valence-corrected chi connectivity index (χ0v) is 14.3. The predicted molar refractivity (Wildman–Crippen MR) is 92.1 cm³/mol. The lowest BCUT2D eigenvalue weighted by Crippen LogP contribution is -2.41. The van der Waals surface area contributed by atoms with Gasteiger partial charge in [-0.2, -0.15) is 0 Å². The van der Waals surface area contributed by atoms with Crippen molar-refractivity contribution in [2.75, 3.05) is 6.54 Å². The maximum absolute atomic E-state index is 12.6. The van der Waals surface area contributed by atoms with Crippen molar-refractivity contribution in [3.8, 4) is 0 Å². The molecule has 0 spiro atoms. The maximum Gasteiger partial charge on any atom is 0.240 e. The van der Waals surface area contributed by atoms with Crippen molar-refractivity contribution in [1.82, 2.24) is 10.2 Å². The van der Waals surface area contributed by atoms with Gasteiger partial charge in [-0.25, -0.2) is 0 Å². The number of allylic oxidation sites excluding steroid dienone is 2. The Morgan fingerprint density at radius 3 is 2.28 bits per heavy atom. The number of hydrogen-bond donors (Lipinski definition) is 1. The van der Waals surface area contributed by atoms with Gasteiger partial charge in [0, 0.05) is 6.54 Å². The topological polar surface area (TPSA) is 66.5 Å². The Morgan fingerprint density at radius 2 is 1.68 bits per heavy atom. The number of carbonyl (C=O) groups excluding carboxylic acids is 3. The number of likely N-dealkylation sites (tertiary alicyclic amines) is 1. The third kappa shape index (κ3) is 2.58. The van der Waals surface area contributed by atoms with Crippen LogP contribution in [0.5, 0.6) is 0 Å². The minimum atomic E-state index is -0.284. The van der Waals surface area contributed by atoms with Crippen molar-refractivity contribution in [2.24, 2.45) is 23.7 Å². The number of nitrogens with one attached hydrogen (secondary N) is 1. The van der Waals surface area contributed by atoms with Crippen molar-refractivity contribution in [3.05, 3.63) is 47.5 Å². The third-order valence-electron chi connectivity index (χ3n) is 5.84. The van der Waals surface area contributed by atoms with E-state index in [2.05, 4.69) is 24.4 Å². The summed E-state index contributed by atoms with van der Waals surface area (Å²) in [5.74, 6) is -0.751. The fraction of sp³-hybridized carbons (Fsp3) is 0.450. The molecule has 1 aromatic rings. The Balaban J connectivity index is 1.39. The zero-order valence-electron chi connectivity index (χ0n) is 14.3. The van der Waals surface area contributed by atoms with E-state index in [1.807, 2.05) is 24.3 Å². The molecule has 25 heavy (non-hydrogen) atoms. The van der Waals surface area contributed by atoms with E-state index in [-0.39, 0.29) is 47.9 Å². The number of carbonyl (C=O) groups is 3. The molecule has 1 saturated carbocycles. The van der Waals surface area contributed by atoms with E-state index in [4.69, 9.17) is 0 Å². The van der Waals surface area contributed by atoms with Crippen molar-refractivity contribution in [3.63, 3.8) is 0 Å². The highest BCUT2D eigenvalue weighted by molar-refractivity contribution is 6.08. The van der Waals surface area contributed by atoms with Crippen molar-refractivity contribution in [1.29, 1.82) is 0 Å². The molecule has 5 heteroatoms. The van der Waals surface area contributed by atoms with Gasteiger partial charge in [-0.3, -0.25) is 19.3 Å². The molecule has 2 bridgehead atoms. The summed E-state index contributed by atoms with van der Waals surface area (Å²) in [5, 5.41) is 2.84. The number of nitrogens with zero attached hydrogens (tertiary/aromatic N) is 1. The third-order valence-corrected chi connectivity index (χ3v) is 5.84. The lowest BCUT2D eigenvalue weighted by molar-refractivity contribution is -0.144. The normalized spacial score (nSPS) is 29.4. The summed E-state index contributed by atoms with van der Waals surface area (Å²) in [5.41, 5.74) is 2.25. The van der Waals surface area contributed by atoms with Crippen LogP contribution in [-0.2, 0) is 27.3 Å². The number of hydrogen-bond acceptors (Lipinski definition) is 3. The van der Waals surface area contributed by atoms with Gasteiger partial charge in [0.2, 0.25) is 17.7 Å². The average Bonchev–Trinajstić information content (AvgIpc) is 3.30. The Bertz CT molecular complexity index is 740. The largest absolute Gasteiger partial charge is 0.350 e. The van der Waals surface area contributed by atoms with Crippen LogP contribution < -0.4 is 5.32 Å². The van der Waals surface area contributed by atoms with Crippen molar-refractivity contribution in [2.45, 2.75) is 26.3 Å². The molecule has 0 radical (unpaired) electrons. The second-order valence-electron chi connectivity index (χ2n) is 7.16. The number of rotatable bonds is 5. The monoisotopic (exact) mass is 338 g/mol. The molecular weight excluding hydrogens is 316 g/mol. The van der Waals surface area contributed by atoms with Crippen LogP contribution in [0.1, 0.15) is 24.5 Å². The molecule has 2 aliphatic carbocycles. The van der Waals surface area contributed by atoms with Gasteiger partial charge in [0.05, 0.1) is 11.8 Å². The van der Waals surface area contributed by atoms with Crippen LogP contribution in [0.2, 0.25) is 0 Å². The second kappa shape index (κ2) is 6.14. The van der Waals surface area contributed by atoms with E-state index < -0.39 is 0 Å². The smallest absolute Gasteiger partial charge is 0.240 e. The highest BCUT2D eigenvalue weighted by atomic mass is 16.2. The van der Waals surface area contributed by atoms with Gasteiger partial charge in [-0.05, 0) is 35.8 Å². The molecule has 4 rings (SSSR count). The van der Waals surface area contributed by atoms with E-state index in [1.54, 1.807) is 0 Å². The maximum atomic E-state index is 12.6. The van der Waals surface area contributed by atoms with Gasteiger partial charge in [-0.1, -0.05) is 43.3 Å². The van der Waals surface area contributed by atoms with Crippen LogP contribution in [0.3, 0.4) is 0 Å². The van der Waals surface area contributed by atoms with E-state index in [0.29, 0.717) is 6.54 Å². The summed E-state index contributed by atoms with van der Waals surface area (Å²) in [4.78, 5) is 38.6. The summed E-state index contributed by atoms with van der Waals surface area (Å²) in [6.45, 7) is 2.32. The van der Waals surface area contributed by atoms with E-state index in [1.165, 1.54) is 10.5 Å². The van der Waals surface area contributed by atoms with Gasteiger partial charge in [0.1, 0.15) is 6.54 Å². The minimum absolute atomic E-state index is 0.168. The first-order valence-electron chi connectivity index (χ1n) is 8.97. The fourth-order valence-electron chi connectivity index (χ4n) is 4.59.